The number of hydrogen-bond donors (Lipinski definition) is 2. The van der Waals surface area contributed by atoms with Gasteiger partial charge in [-0.3, -0.25) is 18.9 Å². The number of anilines is 1. The predicted molar refractivity (Wildman–Crippen MR) is 98.3 cm³/mol. The Kier molecular flexibility index (Phi) is 4.26. The lowest BCUT2D eigenvalue weighted by Gasteiger charge is -2.09. The van der Waals surface area contributed by atoms with Crippen LogP contribution in [0.15, 0.2) is 39.0 Å². The number of hydrogen-bond acceptors (Lipinski definition) is 5. The molecule has 0 amide bonds. The summed E-state index contributed by atoms with van der Waals surface area (Å²) in [4.78, 5) is 31.0. The van der Waals surface area contributed by atoms with Gasteiger partial charge < -0.3 is 0 Å². The van der Waals surface area contributed by atoms with Crippen LogP contribution in [0.5, 0.6) is 0 Å². The van der Waals surface area contributed by atoms with Gasteiger partial charge in [-0.2, -0.15) is 10.1 Å². The SMILES string of the molecule is CC(C)=NNc1nc2c(c(=O)[nH]c(=O)n2C)n1Cc1ccc(C)cc1. The van der Waals surface area contributed by atoms with Crippen LogP contribution in [0.3, 0.4) is 0 Å². The van der Waals surface area contributed by atoms with Gasteiger partial charge in [-0.1, -0.05) is 29.8 Å². The molecule has 0 spiro atoms. The third-order valence-electron chi connectivity index (χ3n) is 3.85. The van der Waals surface area contributed by atoms with Crippen molar-refractivity contribution in [1.29, 1.82) is 0 Å². The number of imidazole rings is 1. The zero-order valence-electron chi connectivity index (χ0n) is 14.6. The quantitative estimate of drug-likeness (QED) is 0.557. The molecule has 2 aromatic heterocycles. The number of fused-ring (bicyclic) bond motifs is 1. The Morgan fingerprint density at radius 1 is 1.24 bits per heavy atom. The number of hydrazone groups is 1. The molecular weight excluding hydrogens is 320 g/mol. The molecule has 0 aliphatic rings. The topological polar surface area (TPSA) is 97.1 Å². The molecule has 3 rings (SSSR count). The van der Waals surface area contributed by atoms with Gasteiger partial charge in [-0.05, 0) is 26.3 Å². The van der Waals surface area contributed by atoms with Crippen LogP contribution in [0.2, 0.25) is 0 Å². The highest BCUT2D eigenvalue weighted by molar-refractivity contribution is 5.80. The second kappa shape index (κ2) is 6.39. The second-order valence-electron chi connectivity index (χ2n) is 6.17. The van der Waals surface area contributed by atoms with Crippen LogP contribution < -0.4 is 16.7 Å². The molecule has 2 heterocycles. The average molecular weight is 340 g/mol. The van der Waals surface area contributed by atoms with Crippen LogP contribution in [-0.4, -0.2) is 24.8 Å². The van der Waals surface area contributed by atoms with Crippen LogP contribution in [-0.2, 0) is 13.6 Å². The standard InChI is InChI=1S/C17H20N6O2/c1-10(2)20-21-16-18-14-13(15(24)19-17(25)22(14)4)23(16)9-12-7-5-11(3)6-8-12/h5-8H,9H2,1-4H3,(H,18,21)(H,19,24,25). The number of H-pyrrole nitrogens is 1. The fourth-order valence-electron chi connectivity index (χ4n) is 2.51. The fraction of sp³-hybridized carbons (Fsp3) is 0.294. The van der Waals surface area contributed by atoms with E-state index in [4.69, 9.17) is 0 Å². The number of rotatable bonds is 4. The number of nitrogens with zero attached hydrogens (tertiary/aromatic N) is 4. The number of nitrogens with one attached hydrogen (secondary N) is 2. The first-order valence-electron chi connectivity index (χ1n) is 7.89. The van der Waals surface area contributed by atoms with Gasteiger partial charge in [0.15, 0.2) is 11.2 Å². The Morgan fingerprint density at radius 3 is 2.56 bits per heavy atom. The molecule has 1 aromatic carbocycles. The van der Waals surface area contributed by atoms with Gasteiger partial charge in [0.1, 0.15) is 0 Å². The van der Waals surface area contributed by atoms with Crippen molar-refractivity contribution in [2.24, 2.45) is 12.1 Å². The zero-order chi connectivity index (χ0) is 18.1. The van der Waals surface area contributed by atoms with E-state index in [1.807, 2.05) is 45.0 Å². The highest BCUT2D eigenvalue weighted by atomic mass is 16.2. The molecule has 8 nitrogen and oxygen atoms in total. The maximum Gasteiger partial charge on any atom is 0.329 e. The van der Waals surface area contributed by atoms with Gasteiger partial charge in [-0.25, -0.2) is 10.2 Å². The molecule has 0 radical (unpaired) electrons. The molecule has 0 aliphatic carbocycles. The Morgan fingerprint density at radius 2 is 1.92 bits per heavy atom. The summed E-state index contributed by atoms with van der Waals surface area (Å²) in [5.74, 6) is 0.406. The summed E-state index contributed by atoms with van der Waals surface area (Å²) in [6.07, 6.45) is 0. The summed E-state index contributed by atoms with van der Waals surface area (Å²) < 4.78 is 3.04. The third-order valence-corrected chi connectivity index (χ3v) is 3.85. The lowest BCUT2D eigenvalue weighted by atomic mass is 10.1. The lowest BCUT2D eigenvalue weighted by Crippen LogP contribution is -2.29. The summed E-state index contributed by atoms with van der Waals surface area (Å²) in [5.41, 5.74) is 5.53. The van der Waals surface area contributed by atoms with Gasteiger partial charge in [0.05, 0.1) is 6.54 Å². The summed E-state index contributed by atoms with van der Waals surface area (Å²) >= 11 is 0. The van der Waals surface area contributed by atoms with E-state index in [1.54, 1.807) is 11.6 Å². The molecule has 130 valence electrons. The summed E-state index contributed by atoms with van der Waals surface area (Å²) in [7, 11) is 1.57. The van der Waals surface area contributed by atoms with Crippen molar-refractivity contribution in [2.75, 3.05) is 5.43 Å². The van der Waals surface area contributed by atoms with Gasteiger partial charge >= 0.3 is 5.69 Å². The van der Waals surface area contributed by atoms with Crippen molar-refractivity contribution in [2.45, 2.75) is 27.3 Å². The van der Waals surface area contributed by atoms with Gasteiger partial charge in [0.25, 0.3) is 5.56 Å². The predicted octanol–water partition coefficient (Wildman–Crippen LogP) is 1.59. The smallest absolute Gasteiger partial charge is 0.298 e. The van der Waals surface area contributed by atoms with Gasteiger partial charge in [0.2, 0.25) is 5.95 Å². The monoisotopic (exact) mass is 340 g/mol. The lowest BCUT2D eigenvalue weighted by molar-refractivity contribution is 0.808. The Hall–Kier alpha value is -3.16. The van der Waals surface area contributed by atoms with E-state index in [-0.39, 0.29) is 0 Å². The van der Waals surface area contributed by atoms with E-state index < -0.39 is 11.2 Å². The van der Waals surface area contributed by atoms with Crippen molar-refractivity contribution < 1.29 is 0 Å². The van der Waals surface area contributed by atoms with Crippen molar-refractivity contribution in [3.63, 3.8) is 0 Å². The van der Waals surface area contributed by atoms with Crippen molar-refractivity contribution in [1.82, 2.24) is 19.1 Å². The number of benzene rings is 1. The fourth-order valence-corrected chi connectivity index (χ4v) is 2.51. The minimum absolute atomic E-state index is 0.312. The molecular formula is C17H20N6O2. The Bertz CT molecular complexity index is 1070. The van der Waals surface area contributed by atoms with Crippen LogP contribution in [0.4, 0.5) is 5.95 Å². The second-order valence-corrected chi connectivity index (χ2v) is 6.17. The normalized spacial score (nSPS) is 10.9. The molecule has 0 saturated carbocycles. The van der Waals surface area contributed by atoms with E-state index >= 15 is 0 Å². The Balaban J connectivity index is 2.22. The van der Waals surface area contributed by atoms with Crippen molar-refractivity contribution in [3.05, 3.63) is 56.2 Å². The van der Waals surface area contributed by atoms with Crippen LogP contribution in [0.1, 0.15) is 25.0 Å². The van der Waals surface area contributed by atoms with Crippen LogP contribution in [0, 0.1) is 6.92 Å². The highest BCUT2D eigenvalue weighted by Crippen LogP contribution is 2.18. The molecule has 8 heteroatoms. The van der Waals surface area contributed by atoms with Crippen molar-refractivity contribution >= 4 is 22.8 Å². The third kappa shape index (κ3) is 3.23. The first-order valence-corrected chi connectivity index (χ1v) is 7.89. The zero-order valence-corrected chi connectivity index (χ0v) is 14.6. The number of aromatic nitrogens is 4. The minimum Gasteiger partial charge on any atom is -0.298 e. The highest BCUT2D eigenvalue weighted by Gasteiger charge is 2.17. The molecule has 0 saturated heterocycles. The first kappa shape index (κ1) is 16.7. The summed E-state index contributed by atoms with van der Waals surface area (Å²) in [5, 5.41) is 4.17. The summed E-state index contributed by atoms with van der Waals surface area (Å²) in [6.45, 7) is 6.15. The maximum absolute atomic E-state index is 12.4. The largest absolute Gasteiger partial charge is 0.329 e. The molecule has 0 bridgehead atoms. The van der Waals surface area contributed by atoms with E-state index in [1.165, 1.54) is 4.57 Å². The molecule has 0 unspecified atom stereocenters. The molecule has 25 heavy (non-hydrogen) atoms. The maximum atomic E-state index is 12.4. The van der Waals surface area contributed by atoms with E-state index in [9.17, 15) is 9.59 Å². The Labute approximate surface area is 143 Å². The molecule has 0 aliphatic heterocycles. The molecule has 2 N–H and O–H groups in total. The first-order chi connectivity index (χ1) is 11.9. The van der Waals surface area contributed by atoms with E-state index in [2.05, 4.69) is 20.5 Å². The molecule has 0 fully saturated rings. The van der Waals surface area contributed by atoms with Gasteiger partial charge in [-0.15, -0.1) is 0 Å². The van der Waals surface area contributed by atoms with E-state index in [0.29, 0.717) is 23.7 Å². The number of aromatic amines is 1. The van der Waals surface area contributed by atoms with Crippen molar-refractivity contribution in [3.8, 4) is 0 Å². The summed E-state index contributed by atoms with van der Waals surface area (Å²) in [6, 6.07) is 8.01. The van der Waals surface area contributed by atoms with Crippen LogP contribution >= 0.6 is 0 Å². The van der Waals surface area contributed by atoms with Crippen LogP contribution in [0.25, 0.3) is 11.2 Å². The molecule has 0 atom stereocenters. The number of aryl methyl sites for hydroxylation is 2. The molecule has 3 aromatic rings. The average Bonchev–Trinajstić information content (AvgIpc) is 2.92. The van der Waals surface area contributed by atoms with Gasteiger partial charge in [0, 0.05) is 12.8 Å². The minimum atomic E-state index is -0.501. The van der Waals surface area contributed by atoms with E-state index in [0.717, 1.165) is 16.8 Å².